The quantitative estimate of drug-likeness (QED) is 0.729. The maximum atomic E-state index is 9.71. The number of aliphatic hydroxyl groups excluding tert-OH is 1. The van der Waals surface area contributed by atoms with Gasteiger partial charge in [-0.2, -0.15) is 0 Å². The summed E-state index contributed by atoms with van der Waals surface area (Å²) in [6, 6.07) is 9.96. The lowest BCUT2D eigenvalue weighted by atomic mass is 10.0. The van der Waals surface area contributed by atoms with E-state index < -0.39 is 0 Å². The van der Waals surface area contributed by atoms with Crippen LogP contribution in [-0.2, 0) is 0 Å². The van der Waals surface area contributed by atoms with Gasteiger partial charge in [-0.25, -0.2) is 0 Å². The number of likely N-dealkylation sites (N-methyl/N-ethyl adjacent to an activating group) is 1. The van der Waals surface area contributed by atoms with E-state index in [-0.39, 0.29) is 0 Å². The van der Waals surface area contributed by atoms with Crippen LogP contribution >= 0.6 is 0 Å². The predicted molar refractivity (Wildman–Crippen MR) is 57.8 cm³/mol. The van der Waals surface area contributed by atoms with Gasteiger partial charge in [-0.1, -0.05) is 30.3 Å². The van der Waals surface area contributed by atoms with Crippen LogP contribution in [0, 0.1) is 0 Å². The van der Waals surface area contributed by atoms with Gasteiger partial charge in [0.15, 0.2) is 0 Å². The summed E-state index contributed by atoms with van der Waals surface area (Å²) < 4.78 is 0. The smallest absolute Gasteiger partial charge is 0.122 e. The van der Waals surface area contributed by atoms with Crippen molar-refractivity contribution in [1.82, 2.24) is 4.90 Å². The minimum Gasteiger partial charge on any atom is -0.508 e. The van der Waals surface area contributed by atoms with Crippen molar-refractivity contribution >= 4 is 5.57 Å². The third-order valence-electron chi connectivity index (χ3n) is 2.33. The van der Waals surface area contributed by atoms with E-state index in [0.717, 1.165) is 17.7 Å². The van der Waals surface area contributed by atoms with Crippen LogP contribution in [0.15, 0.2) is 48.4 Å². The fourth-order valence-electron chi connectivity index (χ4n) is 1.56. The molecular weight excluding hydrogens is 174 g/mol. The lowest BCUT2D eigenvalue weighted by Crippen LogP contribution is -2.18. The summed E-state index contributed by atoms with van der Waals surface area (Å²) >= 11 is 0. The minimum absolute atomic E-state index is 0.370. The average Bonchev–Trinajstić information content (AvgIpc) is 2.23. The molecule has 14 heavy (non-hydrogen) atoms. The van der Waals surface area contributed by atoms with E-state index in [1.807, 2.05) is 48.5 Å². The van der Waals surface area contributed by atoms with E-state index in [2.05, 4.69) is 0 Å². The average molecular weight is 187 g/mol. The van der Waals surface area contributed by atoms with Crippen molar-refractivity contribution in [2.24, 2.45) is 0 Å². The van der Waals surface area contributed by atoms with Gasteiger partial charge >= 0.3 is 0 Å². The SMILES string of the molecule is CN1C=CC(O)=C(c2ccccc2)C1. The molecule has 0 spiro atoms. The van der Waals surface area contributed by atoms with Crippen LogP contribution < -0.4 is 0 Å². The van der Waals surface area contributed by atoms with Gasteiger partial charge in [-0.15, -0.1) is 0 Å². The first-order chi connectivity index (χ1) is 6.77. The first-order valence-corrected chi connectivity index (χ1v) is 4.63. The summed E-state index contributed by atoms with van der Waals surface area (Å²) in [5.74, 6) is 0.370. The Balaban J connectivity index is 2.39. The third-order valence-corrected chi connectivity index (χ3v) is 2.33. The molecule has 0 radical (unpaired) electrons. The Labute approximate surface area is 83.8 Å². The van der Waals surface area contributed by atoms with Crippen LogP contribution in [-0.4, -0.2) is 23.6 Å². The van der Waals surface area contributed by atoms with E-state index >= 15 is 0 Å². The normalized spacial score (nSPS) is 16.2. The highest BCUT2D eigenvalue weighted by molar-refractivity contribution is 5.71. The van der Waals surface area contributed by atoms with Crippen molar-refractivity contribution in [1.29, 1.82) is 0 Å². The van der Waals surface area contributed by atoms with E-state index in [0.29, 0.717) is 5.76 Å². The second kappa shape index (κ2) is 3.58. The van der Waals surface area contributed by atoms with Gasteiger partial charge in [0.05, 0.1) is 0 Å². The fraction of sp³-hybridized carbons (Fsp3) is 0.167. The van der Waals surface area contributed by atoms with Crippen LogP contribution in [0.2, 0.25) is 0 Å². The molecule has 1 aromatic carbocycles. The Morgan fingerprint density at radius 1 is 1.21 bits per heavy atom. The topological polar surface area (TPSA) is 23.5 Å². The van der Waals surface area contributed by atoms with Crippen LogP contribution in [0.25, 0.3) is 5.57 Å². The van der Waals surface area contributed by atoms with Gasteiger partial charge in [-0.05, 0) is 11.6 Å². The van der Waals surface area contributed by atoms with Crippen molar-refractivity contribution in [2.45, 2.75) is 0 Å². The maximum Gasteiger partial charge on any atom is 0.122 e. The molecule has 2 nitrogen and oxygen atoms in total. The fourth-order valence-corrected chi connectivity index (χ4v) is 1.56. The number of hydrogen-bond acceptors (Lipinski definition) is 2. The van der Waals surface area contributed by atoms with E-state index in [1.165, 1.54) is 0 Å². The van der Waals surface area contributed by atoms with Crippen LogP contribution in [0.5, 0.6) is 0 Å². The predicted octanol–water partition coefficient (Wildman–Crippen LogP) is 2.41. The Bertz CT molecular complexity index is 379. The molecule has 2 heteroatoms. The Morgan fingerprint density at radius 3 is 2.64 bits per heavy atom. The first-order valence-electron chi connectivity index (χ1n) is 4.63. The number of hydrogen-bond donors (Lipinski definition) is 1. The molecule has 0 amide bonds. The molecule has 1 heterocycles. The zero-order chi connectivity index (χ0) is 9.97. The molecule has 0 saturated heterocycles. The molecule has 0 unspecified atom stereocenters. The van der Waals surface area contributed by atoms with Gasteiger partial charge in [0, 0.05) is 25.4 Å². The molecule has 1 aliphatic heterocycles. The van der Waals surface area contributed by atoms with Crippen molar-refractivity contribution in [3.05, 3.63) is 53.9 Å². The highest BCUT2D eigenvalue weighted by Gasteiger charge is 2.11. The summed E-state index contributed by atoms with van der Waals surface area (Å²) in [5.41, 5.74) is 2.07. The molecule has 1 aromatic rings. The van der Waals surface area contributed by atoms with Gasteiger partial charge in [0.25, 0.3) is 0 Å². The second-order valence-electron chi connectivity index (χ2n) is 3.46. The highest BCUT2D eigenvalue weighted by atomic mass is 16.3. The zero-order valence-corrected chi connectivity index (χ0v) is 8.14. The Morgan fingerprint density at radius 2 is 1.93 bits per heavy atom. The number of benzene rings is 1. The summed E-state index contributed by atoms with van der Waals surface area (Å²) in [7, 11) is 1.99. The molecule has 0 bridgehead atoms. The van der Waals surface area contributed by atoms with Crippen LogP contribution in [0.4, 0.5) is 0 Å². The van der Waals surface area contributed by atoms with Crippen LogP contribution in [0.3, 0.4) is 0 Å². The Hall–Kier alpha value is -1.70. The van der Waals surface area contributed by atoms with Gasteiger partial charge < -0.3 is 10.0 Å². The van der Waals surface area contributed by atoms with Gasteiger partial charge in [0.2, 0.25) is 0 Å². The zero-order valence-electron chi connectivity index (χ0n) is 8.14. The second-order valence-corrected chi connectivity index (χ2v) is 3.46. The summed E-state index contributed by atoms with van der Waals surface area (Å²) in [6.07, 6.45) is 3.60. The molecule has 0 aromatic heterocycles. The number of allylic oxidation sites excluding steroid dienone is 1. The van der Waals surface area contributed by atoms with E-state index in [9.17, 15) is 5.11 Å². The number of nitrogens with zero attached hydrogens (tertiary/aromatic N) is 1. The first kappa shape index (κ1) is 8.88. The summed E-state index contributed by atoms with van der Waals surface area (Å²) in [6.45, 7) is 0.756. The molecule has 0 aliphatic carbocycles. The lowest BCUT2D eigenvalue weighted by molar-refractivity contribution is 0.412. The summed E-state index contributed by atoms with van der Waals surface area (Å²) in [5, 5.41) is 9.71. The highest BCUT2D eigenvalue weighted by Crippen LogP contribution is 2.22. The monoisotopic (exact) mass is 187 g/mol. The van der Waals surface area contributed by atoms with E-state index in [1.54, 1.807) is 6.08 Å². The lowest BCUT2D eigenvalue weighted by Gasteiger charge is -2.21. The largest absolute Gasteiger partial charge is 0.508 e. The minimum atomic E-state index is 0.370. The third kappa shape index (κ3) is 1.64. The van der Waals surface area contributed by atoms with Crippen molar-refractivity contribution in [3.63, 3.8) is 0 Å². The summed E-state index contributed by atoms with van der Waals surface area (Å²) in [4.78, 5) is 2.04. The van der Waals surface area contributed by atoms with Crippen molar-refractivity contribution in [3.8, 4) is 0 Å². The molecule has 2 rings (SSSR count). The van der Waals surface area contributed by atoms with Crippen LogP contribution in [0.1, 0.15) is 5.56 Å². The van der Waals surface area contributed by atoms with Crippen molar-refractivity contribution < 1.29 is 5.11 Å². The maximum absolute atomic E-state index is 9.71. The van der Waals surface area contributed by atoms with Gasteiger partial charge in [0.1, 0.15) is 5.76 Å². The Kier molecular flexibility index (Phi) is 2.27. The molecular formula is C12H13NO. The molecule has 1 aliphatic rings. The number of rotatable bonds is 1. The standard InChI is InChI=1S/C12H13NO/c1-13-8-7-12(14)11(9-13)10-5-3-2-4-6-10/h2-8,14H,9H2,1H3. The molecule has 0 fully saturated rings. The van der Waals surface area contributed by atoms with Gasteiger partial charge in [-0.3, -0.25) is 0 Å². The van der Waals surface area contributed by atoms with Crippen molar-refractivity contribution in [2.75, 3.05) is 13.6 Å². The molecule has 72 valence electrons. The molecule has 0 saturated carbocycles. The number of aliphatic hydroxyl groups is 1. The molecule has 0 atom stereocenters. The van der Waals surface area contributed by atoms with E-state index in [4.69, 9.17) is 0 Å². The molecule has 1 N–H and O–H groups in total.